The van der Waals surface area contributed by atoms with Gasteiger partial charge in [0.15, 0.2) is 18.1 Å². The zero-order chi connectivity index (χ0) is 24.3. The highest BCUT2D eigenvalue weighted by atomic mass is 16.5. The smallest absolute Gasteiger partial charge is 0.266 e. The van der Waals surface area contributed by atoms with Crippen molar-refractivity contribution in [2.45, 2.75) is 13.8 Å². The number of hydrogen-bond donors (Lipinski definition) is 2. The lowest BCUT2D eigenvalue weighted by molar-refractivity contribution is -0.118. The lowest BCUT2D eigenvalue weighted by Gasteiger charge is -2.13. The molecule has 0 aromatic heterocycles. The molecular formula is C27H25N3O4. The van der Waals surface area contributed by atoms with Crippen LogP contribution in [0.4, 0.5) is 11.4 Å². The van der Waals surface area contributed by atoms with Crippen molar-refractivity contribution in [3.8, 4) is 17.6 Å². The van der Waals surface area contributed by atoms with Gasteiger partial charge in [-0.15, -0.1) is 0 Å². The van der Waals surface area contributed by atoms with Crippen LogP contribution in [0, 0.1) is 18.3 Å². The van der Waals surface area contributed by atoms with Crippen molar-refractivity contribution in [1.82, 2.24) is 0 Å². The van der Waals surface area contributed by atoms with Crippen LogP contribution in [0.1, 0.15) is 18.1 Å². The molecule has 0 heterocycles. The van der Waals surface area contributed by atoms with E-state index in [9.17, 15) is 14.9 Å². The average molecular weight is 456 g/mol. The normalized spacial score (nSPS) is 10.7. The minimum Gasteiger partial charge on any atom is -0.490 e. The molecule has 0 aliphatic rings. The fourth-order valence-electron chi connectivity index (χ4n) is 3.01. The van der Waals surface area contributed by atoms with Gasteiger partial charge in [0.2, 0.25) is 0 Å². The van der Waals surface area contributed by atoms with Crippen LogP contribution in [0.2, 0.25) is 0 Å². The fraction of sp³-hybridized carbons (Fsp3) is 0.148. The van der Waals surface area contributed by atoms with E-state index in [1.165, 1.54) is 6.08 Å². The van der Waals surface area contributed by atoms with Crippen molar-refractivity contribution >= 4 is 29.3 Å². The first-order chi connectivity index (χ1) is 16.5. The lowest BCUT2D eigenvalue weighted by Crippen LogP contribution is -2.20. The SMILES string of the molecule is CCOc1cc(/C=C(/C#N)C(=O)Nc2ccccc2)ccc1OCC(=O)Nc1ccc(C)cc1. The van der Waals surface area contributed by atoms with Crippen molar-refractivity contribution < 1.29 is 19.1 Å². The third-order valence-electron chi connectivity index (χ3n) is 4.67. The molecule has 0 aliphatic heterocycles. The molecule has 0 saturated heterocycles. The van der Waals surface area contributed by atoms with Gasteiger partial charge in [-0.3, -0.25) is 9.59 Å². The summed E-state index contributed by atoms with van der Waals surface area (Å²) in [5, 5.41) is 14.9. The molecule has 0 bridgehead atoms. The van der Waals surface area contributed by atoms with Crippen LogP contribution in [-0.2, 0) is 9.59 Å². The molecule has 0 radical (unpaired) electrons. The van der Waals surface area contributed by atoms with E-state index in [4.69, 9.17) is 9.47 Å². The van der Waals surface area contributed by atoms with E-state index in [0.29, 0.717) is 35.0 Å². The van der Waals surface area contributed by atoms with Gasteiger partial charge in [0, 0.05) is 11.4 Å². The van der Waals surface area contributed by atoms with Crippen LogP contribution >= 0.6 is 0 Å². The van der Waals surface area contributed by atoms with E-state index in [-0.39, 0.29) is 18.1 Å². The molecule has 2 N–H and O–H groups in total. The van der Waals surface area contributed by atoms with Crippen LogP contribution in [0.3, 0.4) is 0 Å². The summed E-state index contributed by atoms with van der Waals surface area (Å²) in [6.07, 6.45) is 1.47. The molecule has 0 atom stereocenters. The molecule has 0 aliphatic carbocycles. The zero-order valence-corrected chi connectivity index (χ0v) is 19.0. The first-order valence-corrected chi connectivity index (χ1v) is 10.7. The van der Waals surface area contributed by atoms with Crippen LogP contribution in [0.15, 0.2) is 78.4 Å². The van der Waals surface area contributed by atoms with Gasteiger partial charge < -0.3 is 20.1 Å². The molecule has 172 valence electrons. The van der Waals surface area contributed by atoms with Crippen LogP contribution in [0.5, 0.6) is 11.5 Å². The second-order valence-electron chi connectivity index (χ2n) is 7.33. The van der Waals surface area contributed by atoms with Gasteiger partial charge >= 0.3 is 0 Å². The Morgan fingerprint density at radius 1 is 0.912 bits per heavy atom. The molecule has 3 rings (SSSR count). The Hall–Kier alpha value is -4.57. The molecule has 0 saturated carbocycles. The average Bonchev–Trinajstić information content (AvgIpc) is 2.84. The summed E-state index contributed by atoms with van der Waals surface area (Å²) >= 11 is 0. The van der Waals surface area contributed by atoms with Crippen molar-refractivity contribution in [1.29, 1.82) is 5.26 Å². The second kappa shape index (κ2) is 11.9. The Morgan fingerprint density at radius 2 is 1.62 bits per heavy atom. The first kappa shape index (κ1) is 24.1. The van der Waals surface area contributed by atoms with E-state index in [1.807, 2.05) is 50.2 Å². The van der Waals surface area contributed by atoms with Crippen molar-refractivity contribution in [3.63, 3.8) is 0 Å². The standard InChI is InChI=1S/C27H25N3O4/c1-3-33-25-16-20(15-21(17-28)27(32)30-22-7-5-4-6-8-22)11-14-24(25)34-18-26(31)29-23-12-9-19(2)10-13-23/h4-16H,3,18H2,1-2H3,(H,29,31)(H,30,32)/b21-15-. The third kappa shape index (κ3) is 6.97. The first-order valence-electron chi connectivity index (χ1n) is 10.7. The minimum atomic E-state index is -0.514. The minimum absolute atomic E-state index is 0.0579. The molecule has 3 aromatic carbocycles. The van der Waals surface area contributed by atoms with Gasteiger partial charge in [0.25, 0.3) is 11.8 Å². The summed E-state index contributed by atoms with van der Waals surface area (Å²) in [7, 11) is 0. The van der Waals surface area contributed by atoms with Crippen LogP contribution in [-0.4, -0.2) is 25.0 Å². The Morgan fingerprint density at radius 3 is 2.29 bits per heavy atom. The monoisotopic (exact) mass is 455 g/mol. The summed E-state index contributed by atoms with van der Waals surface area (Å²) in [5.41, 5.74) is 2.90. The highest BCUT2D eigenvalue weighted by Crippen LogP contribution is 2.29. The van der Waals surface area contributed by atoms with Crippen LogP contribution in [0.25, 0.3) is 6.08 Å². The zero-order valence-electron chi connectivity index (χ0n) is 19.0. The number of ether oxygens (including phenoxy) is 2. The predicted octanol–water partition coefficient (Wildman–Crippen LogP) is 4.96. The van der Waals surface area contributed by atoms with E-state index in [2.05, 4.69) is 10.6 Å². The Kier molecular flexibility index (Phi) is 8.42. The van der Waals surface area contributed by atoms with Gasteiger partial charge in [-0.25, -0.2) is 0 Å². The topological polar surface area (TPSA) is 100 Å². The van der Waals surface area contributed by atoms with E-state index < -0.39 is 5.91 Å². The number of amides is 2. The highest BCUT2D eigenvalue weighted by molar-refractivity contribution is 6.09. The van der Waals surface area contributed by atoms with E-state index in [0.717, 1.165) is 5.56 Å². The van der Waals surface area contributed by atoms with E-state index in [1.54, 1.807) is 42.5 Å². The Bertz CT molecular complexity index is 1210. The molecule has 7 heteroatoms. The Balaban J connectivity index is 1.69. The summed E-state index contributed by atoms with van der Waals surface area (Å²) < 4.78 is 11.3. The summed E-state index contributed by atoms with van der Waals surface area (Å²) in [6.45, 7) is 3.97. The lowest BCUT2D eigenvalue weighted by atomic mass is 10.1. The number of para-hydroxylation sites is 1. The molecule has 0 fully saturated rings. The number of nitrogens with one attached hydrogen (secondary N) is 2. The maximum absolute atomic E-state index is 12.5. The van der Waals surface area contributed by atoms with Gasteiger partial charge in [0.1, 0.15) is 11.6 Å². The molecule has 34 heavy (non-hydrogen) atoms. The highest BCUT2D eigenvalue weighted by Gasteiger charge is 2.12. The number of carbonyl (C=O) groups excluding carboxylic acids is 2. The number of carbonyl (C=O) groups is 2. The second-order valence-corrected chi connectivity index (χ2v) is 7.33. The van der Waals surface area contributed by atoms with Crippen LogP contribution < -0.4 is 20.1 Å². The molecule has 3 aromatic rings. The van der Waals surface area contributed by atoms with E-state index >= 15 is 0 Å². The predicted molar refractivity (Wildman–Crippen MR) is 132 cm³/mol. The third-order valence-corrected chi connectivity index (χ3v) is 4.67. The quantitative estimate of drug-likeness (QED) is 0.351. The number of hydrogen-bond acceptors (Lipinski definition) is 5. The molecule has 0 spiro atoms. The summed E-state index contributed by atoms with van der Waals surface area (Å²) in [4.78, 5) is 24.7. The van der Waals surface area contributed by atoms with Gasteiger partial charge in [-0.05, 0) is 61.9 Å². The number of nitriles is 1. The van der Waals surface area contributed by atoms with Gasteiger partial charge in [0.05, 0.1) is 6.61 Å². The summed E-state index contributed by atoms with van der Waals surface area (Å²) in [6, 6.07) is 23.3. The fourth-order valence-corrected chi connectivity index (χ4v) is 3.01. The number of benzene rings is 3. The number of aryl methyl sites for hydroxylation is 1. The summed E-state index contributed by atoms with van der Waals surface area (Å²) in [5.74, 6) is -0.0372. The number of nitrogens with zero attached hydrogens (tertiary/aromatic N) is 1. The largest absolute Gasteiger partial charge is 0.490 e. The maximum atomic E-state index is 12.5. The van der Waals surface area contributed by atoms with Gasteiger partial charge in [-0.2, -0.15) is 5.26 Å². The van der Waals surface area contributed by atoms with Crippen molar-refractivity contribution in [2.24, 2.45) is 0 Å². The number of anilines is 2. The van der Waals surface area contributed by atoms with Crippen molar-refractivity contribution in [2.75, 3.05) is 23.8 Å². The van der Waals surface area contributed by atoms with Crippen molar-refractivity contribution in [3.05, 3.63) is 89.5 Å². The van der Waals surface area contributed by atoms with Gasteiger partial charge in [-0.1, -0.05) is 42.0 Å². The Labute approximate surface area is 198 Å². The maximum Gasteiger partial charge on any atom is 0.266 e. The molecule has 7 nitrogen and oxygen atoms in total. The number of rotatable bonds is 9. The molecular weight excluding hydrogens is 430 g/mol. The molecule has 0 unspecified atom stereocenters. The molecule has 2 amide bonds.